The first-order chi connectivity index (χ1) is 14.6. The smallest absolute Gasteiger partial charge is 0.260 e. The van der Waals surface area contributed by atoms with E-state index < -0.39 is 0 Å². The van der Waals surface area contributed by atoms with Crippen LogP contribution in [0.15, 0.2) is 71.9 Å². The molecule has 1 N–H and O–H groups in total. The summed E-state index contributed by atoms with van der Waals surface area (Å²) in [6, 6.07) is 18.0. The second-order valence-corrected chi connectivity index (χ2v) is 7.42. The molecule has 7 nitrogen and oxygen atoms in total. The number of anilines is 2. The number of pyridine rings is 1. The Morgan fingerprint density at radius 3 is 2.70 bits per heavy atom. The van der Waals surface area contributed by atoms with Gasteiger partial charge in [0.05, 0.1) is 11.3 Å². The highest BCUT2D eigenvalue weighted by atomic mass is 32.2. The minimum absolute atomic E-state index is 0.112. The summed E-state index contributed by atoms with van der Waals surface area (Å²) in [5, 5.41) is 3.33. The highest BCUT2D eigenvalue weighted by Gasteiger charge is 2.19. The molecule has 0 saturated carbocycles. The van der Waals surface area contributed by atoms with Crippen LogP contribution >= 0.6 is 11.8 Å². The number of carbonyl (C=O) groups excluding carboxylic acids is 2. The molecule has 2 aromatic carbocycles. The second kappa shape index (κ2) is 8.87. The average Bonchev–Trinajstić information content (AvgIpc) is 3.25. The number of aromatic nitrogens is 1. The van der Waals surface area contributed by atoms with Crippen LogP contribution in [-0.2, 0) is 4.79 Å². The number of amides is 2. The first kappa shape index (κ1) is 19.8. The largest absolute Gasteiger partial charge is 0.454 e. The number of benzene rings is 2. The molecule has 2 heterocycles. The lowest BCUT2D eigenvalue weighted by atomic mass is 10.2. The molecule has 0 unspecified atom stereocenters. The molecule has 8 heteroatoms. The van der Waals surface area contributed by atoms with Crippen molar-refractivity contribution in [3.63, 3.8) is 0 Å². The molecule has 0 bridgehead atoms. The van der Waals surface area contributed by atoms with Crippen molar-refractivity contribution in [2.24, 2.45) is 0 Å². The normalized spacial score (nSPS) is 11.8. The van der Waals surface area contributed by atoms with E-state index in [9.17, 15) is 9.59 Å². The summed E-state index contributed by atoms with van der Waals surface area (Å²) < 4.78 is 10.6. The van der Waals surface area contributed by atoms with E-state index in [1.54, 1.807) is 48.5 Å². The van der Waals surface area contributed by atoms with Gasteiger partial charge in [-0.2, -0.15) is 0 Å². The van der Waals surface area contributed by atoms with Gasteiger partial charge in [0.2, 0.25) is 12.7 Å². The monoisotopic (exact) mass is 421 g/mol. The first-order valence-electron chi connectivity index (χ1n) is 9.22. The molecule has 3 aromatic rings. The Balaban J connectivity index is 1.41. The molecule has 0 aliphatic carbocycles. The van der Waals surface area contributed by atoms with Crippen molar-refractivity contribution in [1.29, 1.82) is 0 Å². The van der Waals surface area contributed by atoms with E-state index in [1.807, 2.05) is 30.3 Å². The van der Waals surface area contributed by atoms with Gasteiger partial charge in [-0.25, -0.2) is 4.98 Å². The summed E-state index contributed by atoms with van der Waals surface area (Å²) in [6.07, 6.45) is 1.61. The van der Waals surface area contributed by atoms with E-state index in [-0.39, 0.29) is 24.4 Å². The molecule has 0 atom stereocenters. The first-order valence-corrected chi connectivity index (χ1v) is 10.2. The van der Waals surface area contributed by atoms with Gasteiger partial charge in [-0.15, -0.1) is 0 Å². The Hall–Kier alpha value is -3.52. The number of hydrogen-bond acceptors (Lipinski definition) is 6. The quantitative estimate of drug-likeness (QED) is 0.610. The highest BCUT2D eigenvalue weighted by Crippen LogP contribution is 2.34. The van der Waals surface area contributed by atoms with Crippen molar-refractivity contribution >= 4 is 35.0 Å². The Morgan fingerprint density at radius 1 is 1.07 bits per heavy atom. The van der Waals surface area contributed by atoms with E-state index in [0.29, 0.717) is 27.8 Å². The average molecular weight is 421 g/mol. The van der Waals surface area contributed by atoms with Crippen LogP contribution in [0.25, 0.3) is 0 Å². The van der Waals surface area contributed by atoms with Gasteiger partial charge >= 0.3 is 0 Å². The number of nitrogens with one attached hydrogen (secondary N) is 1. The molecule has 1 aromatic heterocycles. The molecule has 0 spiro atoms. The summed E-state index contributed by atoms with van der Waals surface area (Å²) in [7, 11) is 1.71. The van der Waals surface area contributed by atoms with Crippen LogP contribution in [-0.4, -0.2) is 36.4 Å². The van der Waals surface area contributed by atoms with Crippen molar-refractivity contribution in [3.8, 4) is 11.5 Å². The lowest BCUT2D eigenvalue weighted by Gasteiger charge is -2.18. The number of para-hydroxylation sites is 1. The molecule has 0 saturated heterocycles. The maximum absolute atomic E-state index is 13.0. The molecule has 152 valence electrons. The molecular weight excluding hydrogens is 402 g/mol. The van der Waals surface area contributed by atoms with Gasteiger partial charge < -0.3 is 19.7 Å². The fourth-order valence-corrected chi connectivity index (χ4v) is 3.71. The zero-order valence-corrected chi connectivity index (χ0v) is 17.0. The highest BCUT2D eigenvalue weighted by molar-refractivity contribution is 8.00. The Labute approximate surface area is 178 Å². The van der Waals surface area contributed by atoms with Crippen LogP contribution in [0.4, 0.5) is 11.4 Å². The maximum atomic E-state index is 13.0. The van der Waals surface area contributed by atoms with E-state index in [0.717, 1.165) is 5.69 Å². The fraction of sp³-hybridized carbons (Fsp3) is 0.136. The van der Waals surface area contributed by atoms with E-state index in [1.165, 1.54) is 11.8 Å². The summed E-state index contributed by atoms with van der Waals surface area (Å²) in [5.41, 5.74) is 1.85. The van der Waals surface area contributed by atoms with E-state index in [2.05, 4.69) is 10.3 Å². The van der Waals surface area contributed by atoms with Crippen molar-refractivity contribution in [2.45, 2.75) is 5.03 Å². The third kappa shape index (κ3) is 4.38. The lowest BCUT2D eigenvalue weighted by molar-refractivity contribution is -0.113. The van der Waals surface area contributed by atoms with Gasteiger partial charge in [0.25, 0.3) is 5.91 Å². The number of thioether (sulfide) groups is 1. The zero-order chi connectivity index (χ0) is 20.9. The van der Waals surface area contributed by atoms with Crippen LogP contribution in [0.5, 0.6) is 11.5 Å². The predicted molar refractivity (Wildman–Crippen MR) is 115 cm³/mol. The molecule has 1 aliphatic rings. The summed E-state index contributed by atoms with van der Waals surface area (Å²) in [5.74, 6) is 0.969. The van der Waals surface area contributed by atoms with Crippen LogP contribution < -0.4 is 19.7 Å². The van der Waals surface area contributed by atoms with Crippen molar-refractivity contribution in [2.75, 3.05) is 29.8 Å². The van der Waals surface area contributed by atoms with Gasteiger partial charge in [0.15, 0.2) is 11.5 Å². The molecular formula is C22H19N3O4S. The summed E-state index contributed by atoms with van der Waals surface area (Å²) in [6.45, 7) is 0.177. The Bertz CT molecular complexity index is 1070. The Kier molecular flexibility index (Phi) is 5.85. The second-order valence-electron chi connectivity index (χ2n) is 6.46. The molecule has 1 aliphatic heterocycles. The van der Waals surface area contributed by atoms with Crippen LogP contribution in [0.1, 0.15) is 10.4 Å². The van der Waals surface area contributed by atoms with Gasteiger partial charge in [0, 0.05) is 30.7 Å². The van der Waals surface area contributed by atoms with Crippen LogP contribution in [0.3, 0.4) is 0 Å². The number of rotatable bonds is 6. The van der Waals surface area contributed by atoms with E-state index in [4.69, 9.17) is 9.47 Å². The number of carbonyl (C=O) groups is 2. The minimum atomic E-state index is -0.209. The van der Waals surface area contributed by atoms with Gasteiger partial charge in [0.1, 0.15) is 5.03 Å². The predicted octanol–water partition coefficient (Wildman–Crippen LogP) is 3.82. The third-order valence-electron chi connectivity index (χ3n) is 4.45. The van der Waals surface area contributed by atoms with Gasteiger partial charge in [-0.05, 0) is 36.4 Å². The molecule has 0 fully saturated rings. The molecule has 2 amide bonds. The van der Waals surface area contributed by atoms with Crippen molar-refractivity contribution in [1.82, 2.24) is 4.98 Å². The Morgan fingerprint density at radius 2 is 1.87 bits per heavy atom. The topological polar surface area (TPSA) is 80.8 Å². The summed E-state index contributed by atoms with van der Waals surface area (Å²) in [4.78, 5) is 31.2. The zero-order valence-electron chi connectivity index (χ0n) is 16.2. The standard InChI is InChI=1S/C22H19N3O4S/c1-25(16-6-3-2-4-7-16)22(27)17-8-5-11-23-21(17)30-13-20(26)24-15-9-10-18-19(12-15)29-14-28-18/h2-12H,13-14H2,1H3,(H,24,26). The SMILES string of the molecule is CN(C(=O)c1cccnc1SCC(=O)Nc1ccc2c(c1)OCO2)c1ccccc1. The third-order valence-corrected chi connectivity index (χ3v) is 5.45. The number of ether oxygens (including phenoxy) is 2. The van der Waals surface area contributed by atoms with E-state index >= 15 is 0 Å². The molecule has 30 heavy (non-hydrogen) atoms. The maximum Gasteiger partial charge on any atom is 0.260 e. The molecule has 0 radical (unpaired) electrons. The van der Waals surface area contributed by atoms with Crippen molar-refractivity contribution < 1.29 is 19.1 Å². The minimum Gasteiger partial charge on any atom is -0.454 e. The van der Waals surface area contributed by atoms with Gasteiger partial charge in [-0.1, -0.05) is 30.0 Å². The molecule has 4 rings (SSSR count). The van der Waals surface area contributed by atoms with Gasteiger partial charge in [-0.3, -0.25) is 9.59 Å². The number of nitrogens with zero attached hydrogens (tertiary/aromatic N) is 2. The summed E-state index contributed by atoms with van der Waals surface area (Å²) >= 11 is 1.21. The number of fused-ring (bicyclic) bond motifs is 1. The lowest BCUT2D eigenvalue weighted by Crippen LogP contribution is -2.27. The number of hydrogen-bond donors (Lipinski definition) is 1. The fourth-order valence-electron chi connectivity index (χ4n) is 2.92. The van der Waals surface area contributed by atoms with Crippen molar-refractivity contribution in [3.05, 3.63) is 72.4 Å². The van der Waals surface area contributed by atoms with Crippen LogP contribution in [0.2, 0.25) is 0 Å². The van der Waals surface area contributed by atoms with Crippen LogP contribution in [0, 0.1) is 0 Å².